The van der Waals surface area contributed by atoms with Crippen LogP contribution in [0.4, 0.5) is 4.39 Å². The van der Waals surface area contributed by atoms with Gasteiger partial charge in [-0.05, 0) is 30.5 Å². The van der Waals surface area contributed by atoms with E-state index in [1.54, 1.807) is 0 Å². The van der Waals surface area contributed by atoms with Crippen molar-refractivity contribution in [2.45, 2.75) is 19.8 Å². The van der Waals surface area contributed by atoms with Crippen molar-refractivity contribution in [1.29, 1.82) is 0 Å². The van der Waals surface area contributed by atoms with Gasteiger partial charge in [-0.25, -0.2) is 4.39 Å². The van der Waals surface area contributed by atoms with Crippen LogP contribution in [0.1, 0.15) is 30.1 Å². The van der Waals surface area contributed by atoms with E-state index in [0.717, 1.165) is 6.42 Å². The number of amides is 1. The lowest BCUT2D eigenvalue weighted by Crippen LogP contribution is -2.29. The molecule has 0 radical (unpaired) electrons. The van der Waals surface area contributed by atoms with Crippen LogP contribution >= 0.6 is 11.6 Å². The predicted molar refractivity (Wildman–Crippen MR) is 69.2 cm³/mol. The van der Waals surface area contributed by atoms with Gasteiger partial charge in [0.25, 0.3) is 5.91 Å². The predicted octanol–water partition coefficient (Wildman–Crippen LogP) is 2.62. The van der Waals surface area contributed by atoms with Crippen LogP contribution in [0.3, 0.4) is 0 Å². The fourth-order valence-electron chi connectivity index (χ4n) is 1.61. The third-order valence-electron chi connectivity index (χ3n) is 2.85. The van der Waals surface area contributed by atoms with Gasteiger partial charge in [0.15, 0.2) is 0 Å². The topological polar surface area (TPSA) is 49.3 Å². The Bertz CT molecular complexity index is 412. The number of aliphatic hydroxyl groups is 1. The molecule has 0 aliphatic rings. The first-order chi connectivity index (χ1) is 8.58. The molecule has 1 aromatic carbocycles. The van der Waals surface area contributed by atoms with Crippen LogP contribution in [0.25, 0.3) is 0 Å². The average molecular weight is 274 g/mol. The Morgan fingerprint density at radius 3 is 2.83 bits per heavy atom. The summed E-state index contributed by atoms with van der Waals surface area (Å²) in [5.41, 5.74) is 0.334. The van der Waals surface area contributed by atoms with Crippen LogP contribution in [-0.2, 0) is 0 Å². The van der Waals surface area contributed by atoms with Crippen molar-refractivity contribution < 1.29 is 14.3 Å². The highest BCUT2D eigenvalue weighted by molar-refractivity contribution is 6.31. The first-order valence-corrected chi connectivity index (χ1v) is 6.30. The smallest absolute Gasteiger partial charge is 0.251 e. The molecule has 1 unspecified atom stereocenters. The van der Waals surface area contributed by atoms with Gasteiger partial charge in [0.05, 0.1) is 5.02 Å². The van der Waals surface area contributed by atoms with Crippen molar-refractivity contribution in [2.24, 2.45) is 5.92 Å². The number of rotatable bonds is 6. The first-order valence-electron chi connectivity index (χ1n) is 5.92. The zero-order valence-electron chi connectivity index (χ0n) is 10.2. The molecule has 1 rings (SSSR count). The van der Waals surface area contributed by atoms with Gasteiger partial charge in [-0.2, -0.15) is 0 Å². The molecule has 0 spiro atoms. The molecule has 0 fully saturated rings. The van der Waals surface area contributed by atoms with E-state index in [-0.39, 0.29) is 23.5 Å². The summed E-state index contributed by atoms with van der Waals surface area (Å²) in [5.74, 6) is -0.580. The molecule has 0 aliphatic carbocycles. The second-order valence-electron chi connectivity index (χ2n) is 4.13. The van der Waals surface area contributed by atoms with Crippen molar-refractivity contribution >= 4 is 17.5 Å². The number of hydrogen-bond donors (Lipinski definition) is 2. The van der Waals surface area contributed by atoms with E-state index < -0.39 is 5.82 Å². The summed E-state index contributed by atoms with van der Waals surface area (Å²) in [4.78, 5) is 11.8. The van der Waals surface area contributed by atoms with Crippen molar-refractivity contribution in [3.05, 3.63) is 34.6 Å². The van der Waals surface area contributed by atoms with Gasteiger partial charge in [0, 0.05) is 18.7 Å². The van der Waals surface area contributed by atoms with Crippen molar-refractivity contribution in [1.82, 2.24) is 5.32 Å². The molecule has 0 aromatic heterocycles. The van der Waals surface area contributed by atoms with Crippen molar-refractivity contribution in [2.75, 3.05) is 13.2 Å². The molecule has 0 aliphatic heterocycles. The van der Waals surface area contributed by atoms with E-state index in [2.05, 4.69) is 5.32 Å². The summed E-state index contributed by atoms with van der Waals surface area (Å²) in [6, 6.07) is 3.87. The quantitative estimate of drug-likeness (QED) is 0.837. The van der Waals surface area contributed by atoms with Crippen LogP contribution in [0.5, 0.6) is 0 Å². The largest absolute Gasteiger partial charge is 0.396 e. The van der Waals surface area contributed by atoms with Crippen LogP contribution in [0.2, 0.25) is 5.02 Å². The lowest BCUT2D eigenvalue weighted by Gasteiger charge is -2.14. The van der Waals surface area contributed by atoms with Crippen LogP contribution < -0.4 is 5.32 Å². The standard InChI is InChI=1S/C13H17ClFNO2/c1-2-9(5-6-17)8-16-13(18)10-3-4-12(15)11(14)7-10/h3-4,7,9,17H,2,5-6,8H2,1H3,(H,16,18). The number of halogens is 2. The van der Waals surface area contributed by atoms with Gasteiger partial charge in [0.2, 0.25) is 0 Å². The Hall–Kier alpha value is -1.13. The van der Waals surface area contributed by atoms with Crippen LogP contribution in [0, 0.1) is 11.7 Å². The fraction of sp³-hybridized carbons (Fsp3) is 0.462. The number of carbonyl (C=O) groups is 1. The summed E-state index contributed by atoms with van der Waals surface area (Å²) in [7, 11) is 0. The third kappa shape index (κ3) is 4.27. The highest BCUT2D eigenvalue weighted by Gasteiger charge is 2.11. The lowest BCUT2D eigenvalue weighted by atomic mass is 10.0. The molecule has 1 aromatic rings. The molecular weight excluding hydrogens is 257 g/mol. The molecule has 1 atom stereocenters. The Balaban J connectivity index is 2.57. The Morgan fingerprint density at radius 1 is 1.56 bits per heavy atom. The second-order valence-corrected chi connectivity index (χ2v) is 4.53. The Labute approximate surface area is 111 Å². The van der Waals surface area contributed by atoms with E-state index in [9.17, 15) is 9.18 Å². The molecule has 5 heteroatoms. The number of benzene rings is 1. The summed E-state index contributed by atoms with van der Waals surface area (Å²) >= 11 is 5.61. The van der Waals surface area contributed by atoms with E-state index in [1.165, 1.54) is 18.2 Å². The molecule has 100 valence electrons. The zero-order chi connectivity index (χ0) is 13.5. The average Bonchev–Trinajstić information content (AvgIpc) is 2.37. The zero-order valence-corrected chi connectivity index (χ0v) is 11.0. The highest BCUT2D eigenvalue weighted by Crippen LogP contribution is 2.16. The van der Waals surface area contributed by atoms with Crippen molar-refractivity contribution in [3.63, 3.8) is 0 Å². The molecule has 0 saturated carbocycles. The van der Waals surface area contributed by atoms with Gasteiger partial charge >= 0.3 is 0 Å². The lowest BCUT2D eigenvalue weighted by molar-refractivity contribution is 0.0943. The second kappa shape index (κ2) is 7.34. The molecule has 0 saturated heterocycles. The van der Waals surface area contributed by atoms with Crippen molar-refractivity contribution in [3.8, 4) is 0 Å². The van der Waals surface area contributed by atoms with E-state index in [1.807, 2.05) is 6.92 Å². The summed E-state index contributed by atoms with van der Waals surface area (Å²) in [6.07, 6.45) is 1.53. The van der Waals surface area contributed by atoms with E-state index in [0.29, 0.717) is 18.5 Å². The molecule has 0 bridgehead atoms. The SMILES string of the molecule is CCC(CCO)CNC(=O)c1ccc(F)c(Cl)c1. The number of nitrogens with one attached hydrogen (secondary N) is 1. The maximum Gasteiger partial charge on any atom is 0.251 e. The van der Waals surface area contributed by atoms with Gasteiger partial charge < -0.3 is 10.4 Å². The molecular formula is C13H17ClFNO2. The molecule has 0 heterocycles. The Kier molecular flexibility index (Phi) is 6.09. The Morgan fingerprint density at radius 2 is 2.28 bits per heavy atom. The van der Waals surface area contributed by atoms with Gasteiger partial charge in [-0.1, -0.05) is 24.9 Å². The molecule has 18 heavy (non-hydrogen) atoms. The monoisotopic (exact) mass is 273 g/mol. The molecule has 2 N–H and O–H groups in total. The normalized spacial score (nSPS) is 12.2. The van der Waals surface area contributed by atoms with Gasteiger partial charge in [-0.15, -0.1) is 0 Å². The molecule has 1 amide bonds. The first kappa shape index (κ1) is 14.9. The van der Waals surface area contributed by atoms with E-state index in [4.69, 9.17) is 16.7 Å². The summed E-state index contributed by atoms with van der Waals surface area (Å²) < 4.78 is 12.9. The van der Waals surface area contributed by atoms with Gasteiger partial charge in [-0.3, -0.25) is 4.79 Å². The minimum atomic E-state index is -0.542. The van der Waals surface area contributed by atoms with Crippen LogP contribution in [0.15, 0.2) is 18.2 Å². The van der Waals surface area contributed by atoms with Gasteiger partial charge in [0.1, 0.15) is 5.82 Å². The maximum atomic E-state index is 12.9. The summed E-state index contributed by atoms with van der Waals surface area (Å²) in [6.45, 7) is 2.60. The third-order valence-corrected chi connectivity index (χ3v) is 3.14. The maximum absolute atomic E-state index is 12.9. The number of carbonyl (C=O) groups excluding carboxylic acids is 1. The van der Waals surface area contributed by atoms with Crippen LogP contribution in [-0.4, -0.2) is 24.2 Å². The minimum Gasteiger partial charge on any atom is -0.396 e. The number of hydrogen-bond acceptors (Lipinski definition) is 2. The highest BCUT2D eigenvalue weighted by atomic mass is 35.5. The summed E-state index contributed by atoms with van der Waals surface area (Å²) in [5, 5.41) is 11.5. The fourth-order valence-corrected chi connectivity index (χ4v) is 1.79. The number of aliphatic hydroxyl groups excluding tert-OH is 1. The minimum absolute atomic E-state index is 0.0648. The molecule has 3 nitrogen and oxygen atoms in total. The van der Waals surface area contributed by atoms with E-state index >= 15 is 0 Å².